The van der Waals surface area contributed by atoms with Crippen LogP contribution in [0.2, 0.25) is 0 Å². The molecule has 3 nitrogen and oxygen atoms in total. The van der Waals surface area contributed by atoms with E-state index in [9.17, 15) is 0 Å². The Balaban J connectivity index is 0.00000108. The zero-order chi connectivity index (χ0) is 11.1. The summed E-state index contributed by atoms with van der Waals surface area (Å²) < 4.78 is 2.30. The lowest BCUT2D eigenvalue weighted by Gasteiger charge is -2.32. The normalized spacial score (nSPS) is 18.4. The number of benzene rings is 1. The van der Waals surface area contributed by atoms with Crippen LogP contribution in [0.15, 0.2) is 28.8 Å². The highest BCUT2D eigenvalue weighted by atomic mass is 127. The van der Waals surface area contributed by atoms with Crippen molar-refractivity contribution in [2.24, 2.45) is 0 Å². The Hall–Kier alpha value is -0.240. The molecule has 0 aromatic heterocycles. The van der Waals surface area contributed by atoms with E-state index in [1.54, 1.807) is 0 Å². The van der Waals surface area contributed by atoms with Gasteiger partial charge in [-0.1, -0.05) is 17.7 Å². The second-order valence-corrected chi connectivity index (χ2v) is 6.79. The molecule has 1 aromatic carbocycles. The summed E-state index contributed by atoms with van der Waals surface area (Å²) in [5.74, 6) is 0. The quantitative estimate of drug-likeness (QED) is 0.422. The first-order valence-corrected chi connectivity index (χ1v) is 7.17. The van der Waals surface area contributed by atoms with Crippen LogP contribution in [-0.2, 0) is 0 Å². The average molecular weight is 361 g/mol. The smallest absolute Gasteiger partial charge is 0.0713 e. The minimum Gasteiger partial charge on any atom is -0.344 e. The minimum absolute atomic E-state index is 0. The number of halogens is 1. The number of rotatable bonds is 0. The maximum absolute atomic E-state index is 3.47. The largest absolute Gasteiger partial charge is 0.344 e. The van der Waals surface area contributed by atoms with Gasteiger partial charge in [0.05, 0.1) is 22.9 Å². The average Bonchev–Trinajstić information content (AvgIpc) is 2.31. The predicted octanol–water partition coefficient (Wildman–Crippen LogP) is 3.53. The van der Waals surface area contributed by atoms with Crippen molar-refractivity contribution < 1.29 is 0 Å². The molecule has 0 aliphatic carbocycles. The molecule has 2 aliphatic rings. The first-order chi connectivity index (χ1) is 7.75. The predicted molar refractivity (Wildman–Crippen MR) is 82.3 cm³/mol. The van der Waals surface area contributed by atoms with Crippen LogP contribution >= 0.6 is 34.8 Å². The molecule has 4 N–H and O–H groups in total. The summed E-state index contributed by atoms with van der Waals surface area (Å²) in [5.41, 5.74) is 5.75. The van der Waals surface area contributed by atoms with Crippen molar-refractivity contribution in [1.82, 2.24) is 14.0 Å². The Morgan fingerprint density at radius 2 is 2.24 bits per heavy atom. The first kappa shape index (κ1) is 13.2. The number of aryl methyl sites for hydroxylation is 1. The van der Waals surface area contributed by atoms with E-state index in [0.717, 1.165) is 19.5 Å². The van der Waals surface area contributed by atoms with Gasteiger partial charge in [0, 0.05) is 30.1 Å². The van der Waals surface area contributed by atoms with Crippen molar-refractivity contribution in [1.29, 1.82) is 0 Å². The van der Waals surface area contributed by atoms with Gasteiger partial charge in [0.15, 0.2) is 0 Å². The van der Waals surface area contributed by atoms with Crippen LogP contribution in [0.4, 0.5) is 0 Å². The molecule has 0 saturated carbocycles. The molecule has 0 radical (unpaired) electrons. The summed E-state index contributed by atoms with van der Waals surface area (Å²) in [6.07, 6.45) is 1.14. The standard InChI is InChI=1S/C12H13IN2S.H3N/c1-8-2-3-12-9(6-8)10-7-14-5-4-11(10)15(13)16-12;/h2-3,6,14H,4-5,7H2,1H3;1H3. The molecule has 0 saturated heterocycles. The fourth-order valence-corrected chi connectivity index (χ4v) is 4.28. The van der Waals surface area contributed by atoms with E-state index in [2.05, 4.69) is 55.8 Å². The molecule has 3 rings (SSSR count). The molecule has 2 heterocycles. The van der Waals surface area contributed by atoms with Crippen LogP contribution in [0.3, 0.4) is 0 Å². The fourth-order valence-electron chi connectivity index (χ4n) is 2.22. The molecule has 1 aromatic rings. The highest BCUT2D eigenvalue weighted by Gasteiger charge is 2.26. The van der Waals surface area contributed by atoms with Crippen molar-refractivity contribution in [2.45, 2.75) is 18.2 Å². The third-order valence-electron chi connectivity index (χ3n) is 3.04. The molecule has 0 atom stereocenters. The van der Waals surface area contributed by atoms with Gasteiger partial charge in [-0.15, -0.1) is 0 Å². The van der Waals surface area contributed by atoms with Crippen LogP contribution in [0.25, 0.3) is 5.57 Å². The molecule has 17 heavy (non-hydrogen) atoms. The van der Waals surface area contributed by atoms with E-state index in [1.165, 1.54) is 27.3 Å². The summed E-state index contributed by atoms with van der Waals surface area (Å²) in [6, 6.07) is 6.74. The molecule has 2 aliphatic heterocycles. The summed E-state index contributed by atoms with van der Waals surface area (Å²) >= 11 is 4.25. The van der Waals surface area contributed by atoms with Gasteiger partial charge in [-0.3, -0.25) is 2.52 Å². The van der Waals surface area contributed by atoms with Gasteiger partial charge in [-0.25, -0.2) is 0 Å². The summed E-state index contributed by atoms with van der Waals surface area (Å²) in [7, 11) is 0. The lowest BCUT2D eigenvalue weighted by atomic mass is 9.98. The zero-order valence-electron chi connectivity index (χ0n) is 9.79. The Labute approximate surface area is 120 Å². The third kappa shape index (κ3) is 2.33. The SMILES string of the molecule is Cc1ccc2c(c1)C1=C(CCNC1)N(I)S2.N. The van der Waals surface area contributed by atoms with Gasteiger partial charge in [-0.05, 0) is 36.1 Å². The van der Waals surface area contributed by atoms with E-state index in [4.69, 9.17) is 0 Å². The maximum atomic E-state index is 3.47. The van der Waals surface area contributed by atoms with Crippen molar-refractivity contribution in [3.8, 4) is 0 Å². The van der Waals surface area contributed by atoms with Crippen LogP contribution in [0.1, 0.15) is 17.5 Å². The molecular formula is C12H16IN3S. The van der Waals surface area contributed by atoms with Crippen molar-refractivity contribution >= 4 is 40.4 Å². The second-order valence-electron chi connectivity index (χ2n) is 4.19. The van der Waals surface area contributed by atoms with Gasteiger partial charge >= 0.3 is 0 Å². The first-order valence-electron chi connectivity index (χ1n) is 5.43. The monoisotopic (exact) mass is 361 g/mol. The van der Waals surface area contributed by atoms with Crippen LogP contribution < -0.4 is 11.5 Å². The molecule has 0 bridgehead atoms. The van der Waals surface area contributed by atoms with E-state index < -0.39 is 0 Å². The zero-order valence-corrected chi connectivity index (χ0v) is 12.8. The fraction of sp³-hybridized carbons (Fsp3) is 0.333. The van der Waals surface area contributed by atoms with Crippen LogP contribution in [0.5, 0.6) is 0 Å². The molecule has 0 amide bonds. The Kier molecular flexibility index (Phi) is 4.02. The van der Waals surface area contributed by atoms with E-state index >= 15 is 0 Å². The number of hydrogen-bond donors (Lipinski definition) is 2. The lowest BCUT2D eigenvalue weighted by molar-refractivity contribution is 0.670. The summed E-state index contributed by atoms with van der Waals surface area (Å²) in [5, 5.41) is 3.47. The Bertz CT molecular complexity index is 473. The van der Waals surface area contributed by atoms with Crippen LogP contribution in [-0.4, -0.2) is 15.6 Å². The van der Waals surface area contributed by atoms with E-state index in [-0.39, 0.29) is 6.15 Å². The molecule has 0 unspecified atom stereocenters. The summed E-state index contributed by atoms with van der Waals surface area (Å²) in [6.45, 7) is 4.27. The highest BCUT2D eigenvalue weighted by Crippen LogP contribution is 2.44. The van der Waals surface area contributed by atoms with E-state index in [0.29, 0.717) is 0 Å². The Morgan fingerprint density at radius 1 is 1.41 bits per heavy atom. The number of hydrogen-bond acceptors (Lipinski definition) is 4. The molecule has 92 valence electrons. The minimum atomic E-state index is 0. The molecule has 0 spiro atoms. The topological polar surface area (TPSA) is 50.3 Å². The van der Waals surface area contributed by atoms with Crippen LogP contribution in [0, 0.1) is 6.92 Å². The van der Waals surface area contributed by atoms with Gasteiger partial charge in [0.25, 0.3) is 0 Å². The number of fused-ring (bicyclic) bond motifs is 2. The van der Waals surface area contributed by atoms with Crippen molar-refractivity contribution in [3.05, 3.63) is 35.0 Å². The number of nitrogens with one attached hydrogen (secondary N) is 1. The van der Waals surface area contributed by atoms with Gasteiger partial charge in [0.2, 0.25) is 0 Å². The third-order valence-corrected chi connectivity index (χ3v) is 5.15. The lowest BCUT2D eigenvalue weighted by Crippen LogP contribution is -2.29. The van der Waals surface area contributed by atoms with Gasteiger partial charge in [-0.2, -0.15) is 0 Å². The summed E-state index contributed by atoms with van der Waals surface area (Å²) in [4.78, 5) is 1.38. The second kappa shape index (κ2) is 5.17. The van der Waals surface area contributed by atoms with Crippen molar-refractivity contribution in [3.63, 3.8) is 0 Å². The molecule has 5 heteroatoms. The Morgan fingerprint density at radius 3 is 3.06 bits per heavy atom. The van der Waals surface area contributed by atoms with Crippen molar-refractivity contribution in [2.75, 3.05) is 13.1 Å². The molecule has 0 fully saturated rings. The number of nitrogens with zero attached hydrogens (tertiary/aromatic N) is 1. The highest BCUT2D eigenvalue weighted by molar-refractivity contribution is 14.1. The van der Waals surface area contributed by atoms with Gasteiger partial charge in [0.1, 0.15) is 0 Å². The molecular weight excluding hydrogens is 345 g/mol. The van der Waals surface area contributed by atoms with Gasteiger partial charge < -0.3 is 11.5 Å². The maximum Gasteiger partial charge on any atom is 0.0713 e. The van der Waals surface area contributed by atoms with E-state index in [1.807, 2.05) is 11.9 Å².